The van der Waals surface area contributed by atoms with Crippen molar-refractivity contribution in [2.75, 3.05) is 13.1 Å². The molecule has 0 spiro atoms. The first kappa shape index (κ1) is 14.3. The van der Waals surface area contributed by atoms with E-state index in [9.17, 15) is 18.3 Å². The fraction of sp³-hybridized carbons (Fsp3) is 0.571. The lowest BCUT2D eigenvalue weighted by molar-refractivity contribution is -0.150. The van der Waals surface area contributed by atoms with E-state index < -0.39 is 18.8 Å². The van der Waals surface area contributed by atoms with Gasteiger partial charge in [-0.15, -0.1) is 0 Å². The summed E-state index contributed by atoms with van der Waals surface area (Å²) in [4.78, 5) is 1.34. The van der Waals surface area contributed by atoms with Gasteiger partial charge in [0.25, 0.3) is 0 Å². The van der Waals surface area contributed by atoms with Crippen LogP contribution in [0.2, 0.25) is 0 Å². The summed E-state index contributed by atoms with van der Waals surface area (Å²) in [6.07, 6.45) is -3.51. The quantitative estimate of drug-likeness (QED) is 0.891. The Morgan fingerprint density at radius 1 is 1.32 bits per heavy atom. The van der Waals surface area contributed by atoms with E-state index in [0.29, 0.717) is 5.56 Å². The Bertz CT molecular complexity index is 429. The molecule has 0 aromatic heterocycles. The fourth-order valence-corrected chi connectivity index (χ4v) is 2.29. The van der Waals surface area contributed by atoms with Crippen molar-refractivity contribution in [3.05, 3.63) is 35.4 Å². The molecule has 1 unspecified atom stereocenters. The normalized spacial score (nSPS) is 17.8. The molecule has 0 aliphatic heterocycles. The third-order valence-corrected chi connectivity index (χ3v) is 3.40. The predicted molar refractivity (Wildman–Crippen MR) is 66.8 cm³/mol. The number of alkyl halides is 3. The molecule has 1 fully saturated rings. The molecule has 0 bridgehead atoms. The molecule has 106 valence electrons. The van der Waals surface area contributed by atoms with Gasteiger partial charge in [-0.1, -0.05) is 24.3 Å². The van der Waals surface area contributed by atoms with Crippen LogP contribution in [0.1, 0.15) is 30.1 Å². The summed E-state index contributed by atoms with van der Waals surface area (Å²) in [5.41, 5.74) is 1.60. The van der Waals surface area contributed by atoms with Crippen LogP contribution in [0, 0.1) is 6.92 Å². The number of nitrogens with zero attached hydrogens (tertiary/aromatic N) is 1. The highest BCUT2D eigenvalue weighted by molar-refractivity contribution is 5.27. The molecule has 19 heavy (non-hydrogen) atoms. The van der Waals surface area contributed by atoms with Crippen LogP contribution in [0.4, 0.5) is 13.2 Å². The monoisotopic (exact) mass is 273 g/mol. The zero-order chi connectivity index (χ0) is 14.0. The maximum absolute atomic E-state index is 12.5. The molecule has 1 aromatic rings. The van der Waals surface area contributed by atoms with Crippen molar-refractivity contribution in [3.8, 4) is 0 Å². The van der Waals surface area contributed by atoms with Gasteiger partial charge in [-0.25, -0.2) is 0 Å². The van der Waals surface area contributed by atoms with Crippen molar-refractivity contribution in [1.29, 1.82) is 0 Å². The lowest BCUT2D eigenvalue weighted by Gasteiger charge is -2.26. The number of benzene rings is 1. The zero-order valence-electron chi connectivity index (χ0n) is 10.8. The molecule has 0 saturated heterocycles. The van der Waals surface area contributed by atoms with E-state index in [1.807, 2.05) is 19.1 Å². The Labute approximate surface area is 110 Å². The van der Waals surface area contributed by atoms with Crippen LogP contribution in [0.25, 0.3) is 0 Å². The third-order valence-electron chi connectivity index (χ3n) is 3.40. The first-order valence-corrected chi connectivity index (χ1v) is 6.41. The van der Waals surface area contributed by atoms with Gasteiger partial charge in [0.15, 0.2) is 0 Å². The Balaban J connectivity index is 2.03. The van der Waals surface area contributed by atoms with Crippen molar-refractivity contribution in [2.24, 2.45) is 0 Å². The van der Waals surface area contributed by atoms with Crippen LogP contribution < -0.4 is 0 Å². The van der Waals surface area contributed by atoms with E-state index in [1.54, 1.807) is 12.1 Å². The van der Waals surface area contributed by atoms with Crippen molar-refractivity contribution in [1.82, 2.24) is 4.90 Å². The number of halogens is 3. The Hall–Kier alpha value is -1.07. The van der Waals surface area contributed by atoms with Gasteiger partial charge in [-0.3, -0.25) is 4.90 Å². The summed E-state index contributed by atoms with van der Waals surface area (Å²) in [6.45, 7) is 0.944. The molecule has 1 aromatic carbocycles. The minimum atomic E-state index is -4.21. The minimum Gasteiger partial charge on any atom is -0.387 e. The number of hydrogen-bond acceptors (Lipinski definition) is 2. The van der Waals surface area contributed by atoms with Crippen LogP contribution in [0.3, 0.4) is 0 Å². The average Bonchev–Trinajstić information content (AvgIpc) is 3.10. The largest absolute Gasteiger partial charge is 0.401 e. The van der Waals surface area contributed by atoms with Gasteiger partial charge in [0, 0.05) is 12.6 Å². The molecular formula is C14H18F3NO. The van der Waals surface area contributed by atoms with Gasteiger partial charge >= 0.3 is 6.18 Å². The standard InChI is InChI=1S/C14H18F3NO/c1-10-4-2-3-5-12(10)13(19)8-18(11-6-7-11)9-14(15,16)17/h2-5,11,13,19H,6-9H2,1H3. The van der Waals surface area contributed by atoms with E-state index in [-0.39, 0.29) is 12.6 Å². The second kappa shape index (κ2) is 5.51. The Morgan fingerprint density at radius 3 is 2.47 bits per heavy atom. The highest BCUT2D eigenvalue weighted by Crippen LogP contribution is 2.32. The van der Waals surface area contributed by atoms with Crippen LogP contribution in [-0.4, -0.2) is 35.3 Å². The van der Waals surface area contributed by atoms with Crippen molar-refractivity contribution in [2.45, 2.75) is 38.1 Å². The van der Waals surface area contributed by atoms with Crippen LogP contribution in [0.5, 0.6) is 0 Å². The van der Waals surface area contributed by atoms with Crippen LogP contribution >= 0.6 is 0 Å². The Kier molecular flexibility index (Phi) is 4.16. The molecule has 2 nitrogen and oxygen atoms in total. The number of aryl methyl sites for hydroxylation is 1. The fourth-order valence-electron chi connectivity index (χ4n) is 2.29. The summed E-state index contributed by atoms with van der Waals surface area (Å²) in [7, 11) is 0. The summed E-state index contributed by atoms with van der Waals surface area (Å²) in [6, 6.07) is 7.22. The minimum absolute atomic E-state index is 0.0275. The average molecular weight is 273 g/mol. The molecule has 5 heteroatoms. The molecule has 1 atom stereocenters. The lowest BCUT2D eigenvalue weighted by Crippen LogP contribution is -2.38. The maximum Gasteiger partial charge on any atom is 0.401 e. The summed E-state index contributed by atoms with van der Waals surface area (Å²) in [5.74, 6) is 0. The van der Waals surface area contributed by atoms with E-state index in [2.05, 4.69) is 0 Å². The van der Waals surface area contributed by atoms with E-state index in [4.69, 9.17) is 0 Å². The SMILES string of the molecule is Cc1ccccc1C(O)CN(CC(F)(F)F)C1CC1. The number of aliphatic hydroxyl groups is 1. The molecule has 1 saturated carbocycles. The van der Waals surface area contributed by atoms with Gasteiger partial charge in [-0.05, 0) is 30.9 Å². The topological polar surface area (TPSA) is 23.5 Å². The van der Waals surface area contributed by atoms with Crippen molar-refractivity contribution in [3.63, 3.8) is 0 Å². The summed E-state index contributed by atoms with van der Waals surface area (Å²) in [5, 5.41) is 10.1. The van der Waals surface area contributed by atoms with E-state index in [0.717, 1.165) is 18.4 Å². The Morgan fingerprint density at radius 2 is 1.95 bits per heavy atom. The second-order valence-corrected chi connectivity index (χ2v) is 5.15. The van der Waals surface area contributed by atoms with Crippen LogP contribution in [0.15, 0.2) is 24.3 Å². The first-order chi connectivity index (χ1) is 8.87. The lowest BCUT2D eigenvalue weighted by atomic mass is 10.0. The van der Waals surface area contributed by atoms with Crippen molar-refractivity contribution < 1.29 is 18.3 Å². The van der Waals surface area contributed by atoms with Gasteiger partial charge in [0.1, 0.15) is 0 Å². The molecule has 1 N–H and O–H groups in total. The molecule has 0 heterocycles. The van der Waals surface area contributed by atoms with Gasteiger partial charge < -0.3 is 5.11 Å². The molecular weight excluding hydrogens is 255 g/mol. The number of rotatable bonds is 5. The summed E-state index contributed by atoms with van der Waals surface area (Å²) >= 11 is 0. The molecule has 0 amide bonds. The number of aliphatic hydroxyl groups excluding tert-OH is 1. The van der Waals surface area contributed by atoms with Crippen molar-refractivity contribution >= 4 is 0 Å². The molecule has 1 aliphatic carbocycles. The predicted octanol–water partition coefficient (Wildman–Crippen LogP) is 3.06. The van der Waals surface area contributed by atoms with Gasteiger partial charge in [0.05, 0.1) is 12.6 Å². The first-order valence-electron chi connectivity index (χ1n) is 6.41. The second-order valence-electron chi connectivity index (χ2n) is 5.15. The van der Waals surface area contributed by atoms with Gasteiger partial charge in [-0.2, -0.15) is 13.2 Å². The maximum atomic E-state index is 12.5. The third kappa shape index (κ3) is 4.21. The summed E-state index contributed by atoms with van der Waals surface area (Å²) < 4.78 is 37.5. The zero-order valence-corrected chi connectivity index (χ0v) is 10.8. The highest BCUT2D eigenvalue weighted by atomic mass is 19.4. The van der Waals surface area contributed by atoms with Gasteiger partial charge in [0.2, 0.25) is 0 Å². The number of hydrogen-bond donors (Lipinski definition) is 1. The molecule has 1 aliphatic rings. The molecule has 2 rings (SSSR count). The van der Waals surface area contributed by atoms with E-state index in [1.165, 1.54) is 4.90 Å². The molecule has 0 radical (unpaired) electrons. The smallest absolute Gasteiger partial charge is 0.387 e. The van der Waals surface area contributed by atoms with E-state index >= 15 is 0 Å². The van der Waals surface area contributed by atoms with Crippen LogP contribution in [-0.2, 0) is 0 Å². The highest BCUT2D eigenvalue weighted by Gasteiger charge is 2.38.